The molecule has 1 aliphatic carbocycles. The third-order valence-corrected chi connectivity index (χ3v) is 7.38. The van der Waals surface area contributed by atoms with Crippen LogP contribution in [0.1, 0.15) is 49.3 Å². The molecule has 2 saturated heterocycles. The molecule has 12 heteroatoms. The van der Waals surface area contributed by atoms with E-state index in [9.17, 15) is 26.7 Å². The van der Waals surface area contributed by atoms with Crippen LogP contribution in [0.2, 0.25) is 0 Å². The van der Waals surface area contributed by atoms with Crippen molar-refractivity contribution in [2.24, 2.45) is 11.8 Å². The molecule has 5 rings (SSSR count). The van der Waals surface area contributed by atoms with Crippen LogP contribution in [0.25, 0.3) is 0 Å². The lowest BCUT2D eigenvalue weighted by Gasteiger charge is -2.34. The predicted octanol–water partition coefficient (Wildman–Crippen LogP) is 4.84. The first-order valence-electron chi connectivity index (χ1n) is 12.2. The second kappa shape index (κ2) is 9.78. The van der Waals surface area contributed by atoms with Crippen LogP contribution in [-0.4, -0.2) is 58.4 Å². The summed E-state index contributed by atoms with van der Waals surface area (Å²) >= 11 is 0. The molecular formula is C24H27F5N6O. The van der Waals surface area contributed by atoms with Gasteiger partial charge in [0.1, 0.15) is 11.6 Å². The maximum Gasteiger partial charge on any atom is 0.416 e. The van der Waals surface area contributed by atoms with Gasteiger partial charge in [-0.2, -0.15) is 26.9 Å². The molecule has 1 saturated carbocycles. The molecule has 0 aromatic carbocycles. The topological polar surface area (TPSA) is 74.2 Å². The minimum atomic E-state index is -4.50. The number of anilines is 3. The van der Waals surface area contributed by atoms with Gasteiger partial charge in [0.05, 0.1) is 11.3 Å². The zero-order valence-corrected chi connectivity index (χ0v) is 19.5. The minimum absolute atomic E-state index is 0.0106. The molecule has 194 valence electrons. The minimum Gasteiger partial charge on any atom is -0.340 e. The van der Waals surface area contributed by atoms with Gasteiger partial charge in [-0.3, -0.25) is 4.79 Å². The molecular weight excluding hydrogens is 483 g/mol. The smallest absolute Gasteiger partial charge is 0.340 e. The zero-order chi connectivity index (χ0) is 25.4. The van der Waals surface area contributed by atoms with Crippen LogP contribution in [0.3, 0.4) is 0 Å². The Bertz CT molecular complexity index is 1090. The average molecular weight is 511 g/mol. The van der Waals surface area contributed by atoms with Crippen molar-refractivity contribution in [1.82, 2.24) is 19.9 Å². The standard InChI is InChI=1S/C24H27F5N6O/c25-21(26)22(36)34-7-4-16(5-8-34)18-11-20(32-19-10-17(3-6-30-19)24(27,28)29)33-23(31-18)35-12-14-1-2-15(9-14)13-35/h3,6,10-11,14-16,21H,1-2,4-5,7-9,12-13H2,(H,30,31,32,33). The number of hydrogen-bond donors (Lipinski definition) is 1. The fraction of sp³-hybridized carbons (Fsp3) is 0.583. The van der Waals surface area contributed by atoms with Gasteiger partial charge in [0, 0.05) is 44.4 Å². The monoisotopic (exact) mass is 510 g/mol. The molecule has 3 aliphatic rings. The van der Waals surface area contributed by atoms with Gasteiger partial charge in [0.25, 0.3) is 5.91 Å². The molecule has 36 heavy (non-hydrogen) atoms. The predicted molar refractivity (Wildman–Crippen MR) is 122 cm³/mol. The summed E-state index contributed by atoms with van der Waals surface area (Å²) in [7, 11) is 0. The Hall–Kier alpha value is -3.05. The van der Waals surface area contributed by atoms with Crippen molar-refractivity contribution in [2.45, 2.75) is 50.6 Å². The molecule has 2 aromatic heterocycles. The number of halogens is 5. The fourth-order valence-corrected chi connectivity index (χ4v) is 5.58. The summed E-state index contributed by atoms with van der Waals surface area (Å²) < 4.78 is 65.2. The lowest BCUT2D eigenvalue weighted by molar-refractivity contribution is -0.144. The Morgan fingerprint density at radius 2 is 1.69 bits per heavy atom. The molecule has 4 heterocycles. The van der Waals surface area contributed by atoms with E-state index in [1.54, 1.807) is 6.07 Å². The largest absolute Gasteiger partial charge is 0.416 e. The molecule has 2 unspecified atom stereocenters. The number of nitrogens with one attached hydrogen (secondary N) is 1. The highest BCUT2D eigenvalue weighted by Crippen LogP contribution is 2.38. The number of amides is 1. The Morgan fingerprint density at radius 3 is 2.33 bits per heavy atom. The number of aromatic nitrogens is 3. The second-order valence-corrected chi connectivity index (χ2v) is 9.88. The van der Waals surface area contributed by atoms with Crippen LogP contribution in [0.15, 0.2) is 24.4 Å². The zero-order valence-electron chi connectivity index (χ0n) is 19.5. The number of fused-ring (bicyclic) bond motifs is 2. The Kier molecular flexibility index (Phi) is 6.69. The van der Waals surface area contributed by atoms with Crippen molar-refractivity contribution in [3.63, 3.8) is 0 Å². The normalized spacial score (nSPS) is 22.8. The average Bonchev–Trinajstić information content (AvgIpc) is 3.20. The first-order valence-corrected chi connectivity index (χ1v) is 12.2. The third-order valence-electron chi connectivity index (χ3n) is 7.38. The van der Waals surface area contributed by atoms with Gasteiger partial charge in [0.2, 0.25) is 5.95 Å². The third kappa shape index (κ3) is 5.36. The van der Waals surface area contributed by atoms with Crippen LogP contribution in [0.4, 0.5) is 39.5 Å². The molecule has 0 spiro atoms. The van der Waals surface area contributed by atoms with Gasteiger partial charge in [-0.1, -0.05) is 0 Å². The van der Waals surface area contributed by atoms with Crippen LogP contribution in [0, 0.1) is 11.8 Å². The SMILES string of the molecule is O=C(C(F)F)N1CCC(c2cc(Nc3cc(C(F)(F)F)ccn3)nc(N3CC4CCC(C4)C3)n2)CC1. The molecule has 7 nitrogen and oxygen atoms in total. The van der Waals surface area contributed by atoms with Crippen LogP contribution in [0.5, 0.6) is 0 Å². The summed E-state index contributed by atoms with van der Waals surface area (Å²) in [5, 5.41) is 2.90. The molecule has 3 fully saturated rings. The number of piperidine rings is 2. The van der Waals surface area contributed by atoms with Crippen molar-refractivity contribution >= 4 is 23.5 Å². The molecule has 1 N–H and O–H groups in total. The molecule has 0 radical (unpaired) electrons. The summed E-state index contributed by atoms with van der Waals surface area (Å²) in [6.45, 7) is 2.03. The fourth-order valence-electron chi connectivity index (χ4n) is 5.58. The van der Waals surface area contributed by atoms with E-state index in [1.165, 1.54) is 6.42 Å². The Balaban J connectivity index is 1.41. The quantitative estimate of drug-likeness (QED) is 0.581. The number of rotatable bonds is 5. The molecule has 1 amide bonds. The summed E-state index contributed by atoms with van der Waals surface area (Å²) in [5.74, 6) is 0.720. The maximum absolute atomic E-state index is 13.2. The van der Waals surface area contributed by atoms with Gasteiger partial charge >= 0.3 is 12.6 Å². The maximum atomic E-state index is 13.2. The number of nitrogens with zero attached hydrogens (tertiary/aromatic N) is 5. The number of carbonyl (C=O) groups excluding carboxylic acids is 1. The van der Waals surface area contributed by atoms with E-state index in [1.807, 2.05) is 0 Å². The van der Waals surface area contributed by atoms with E-state index in [0.717, 1.165) is 49.2 Å². The molecule has 2 atom stereocenters. The van der Waals surface area contributed by atoms with Gasteiger partial charge in [-0.05, 0) is 56.1 Å². The van der Waals surface area contributed by atoms with E-state index in [-0.39, 0.29) is 24.8 Å². The highest BCUT2D eigenvalue weighted by Gasteiger charge is 2.35. The van der Waals surface area contributed by atoms with Gasteiger partial charge in [-0.15, -0.1) is 0 Å². The highest BCUT2D eigenvalue weighted by molar-refractivity contribution is 5.79. The first-order chi connectivity index (χ1) is 17.2. The van der Waals surface area contributed by atoms with E-state index < -0.39 is 24.1 Å². The molecule has 2 aliphatic heterocycles. The first kappa shape index (κ1) is 24.6. The highest BCUT2D eigenvalue weighted by atomic mass is 19.4. The van der Waals surface area contributed by atoms with E-state index in [0.29, 0.717) is 42.1 Å². The number of alkyl halides is 5. The van der Waals surface area contributed by atoms with E-state index in [4.69, 9.17) is 4.98 Å². The van der Waals surface area contributed by atoms with Crippen molar-refractivity contribution in [1.29, 1.82) is 0 Å². The number of hydrogen-bond acceptors (Lipinski definition) is 6. The van der Waals surface area contributed by atoms with Crippen LogP contribution < -0.4 is 10.2 Å². The van der Waals surface area contributed by atoms with Gasteiger partial charge < -0.3 is 15.1 Å². The van der Waals surface area contributed by atoms with Gasteiger partial charge in [0.15, 0.2) is 0 Å². The van der Waals surface area contributed by atoms with E-state index in [2.05, 4.69) is 20.2 Å². The number of carbonyl (C=O) groups is 1. The van der Waals surface area contributed by atoms with Crippen molar-refractivity contribution in [3.05, 3.63) is 35.7 Å². The Labute approximate surface area is 205 Å². The lowest BCUT2D eigenvalue weighted by atomic mass is 9.93. The van der Waals surface area contributed by atoms with Crippen molar-refractivity contribution in [2.75, 3.05) is 36.4 Å². The number of likely N-dealkylation sites (tertiary alicyclic amines) is 1. The second-order valence-electron chi connectivity index (χ2n) is 9.88. The Morgan fingerprint density at radius 1 is 1.00 bits per heavy atom. The summed E-state index contributed by atoms with van der Waals surface area (Å²) in [4.78, 5) is 28.4. The van der Waals surface area contributed by atoms with Gasteiger partial charge in [-0.25, -0.2) is 9.97 Å². The van der Waals surface area contributed by atoms with E-state index >= 15 is 0 Å². The van der Waals surface area contributed by atoms with Crippen molar-refractivity contribution < 1.29 is 26.7 Å². The van der Waals surface area contributed by atoms with Crippen LogP contribution in [-0.2, 0) is 11.0 Å². The summed E-state index contributed by atoms with van der Waals surface area (Å²) in [6.07, 6.45) is -2.01. The summed E-state index contributed by atoms with van der Waals surface area (Å²) in [5.41, 5.74) is -0.144. The number of pyridine rings is 1. The molecule has 2 aromatic rings. The van der Waals surface area contributed by atoms with Crippen LogP contribution >= 0.6 is 0 Å². The summed E-state index contributed by atoms with van der Waals surface area (Å²) in [6, 6.07) is 3.51. The lowest BCUT2D eigenvalue weighted by Crippen LogP contribution is -2.41. The molecule has 2 bridgehead atoms. The van der Waals surface area contributed by atoms with Crippen molar-refractivity contribution in [3.8, 4) is 0 Å².